The van der Waals surface area contributed by atoms with Crippen LogP contribution in [0.2, 0.25) is 0 Å². The lowest BCUT2D eigenvalue weighted by molar-refractivity contribution is -0.158. The lowest BCUT2D eigenvalue weighted by Crippen LogP contribution is -2.66. The minimum Gasteiger partial charge on any atom is -0.477 e. The Bertz CT molecular complexity index is 1130. The molecule has 5 heterocycles. The van der Waals surface area contributed by atoms with E-state index < -0.39 is 17.9 Å². The molecule has 3 fully saturated rings. The van der Waals surface area contributed by atoms with Gasteiger partial charge in [-0.1, -0.05) is 6.92 Å². The summed E-state index contributed by atoms with van der Waals surface area (Å²) in [6.45, 7) is 5.37. The van der Waals surface area contributed by atoms with E-state index in [1.165, 1.54) is 27.7 Å². The highest BCUT2D eigenvalue weighted by Gasteiger charge is 2.60. The van der Waals surface area contributed by atoms with Crippen molar-refractivity contribution in [1.29, 1.82) is 0 Å². The molecule has 4 aliphatic heterocycles. The van der Waals surface area contributed by atoms with Crippen LogP contribution in [0.25, 0.3) is 0 Å². The number of aromatic nitrogens is 4. The summed E-state index contributed by atoms with van der Waals surface area (Å²) >= 11 is 1.44. The van der Waals surface area contributed by atoms with E-state index in [0.29, 0.717) is 31.0 Å². The van der Waals surface area contributed by atoms with Gasteiger partial charge in [0, 0.05) is 47.8 Å². The lowest BCUT2D eigenvalue weighted by Gasteiger charge is -2.47. The molecule has 14 nitrogen and oxygen atoms in total. The van der Waals surface area contributed by atoms with Crippen molar-refractivity contribution in [3.63, 3.8) is 0 Å². The number of likely N-dealkylation sites (tertiary alicyclic amines) is 1. The summed E-state index contributed by atoms with van der Waals surface area (Å²) in [5.41, 5.74) is 5.95. The average Bonchev–Trinajstić information content (AvgIpc) is 3.63. The topological polar surface area (TPSA) is 189 Å². The van der Waals surface area contributed by atoms with Crippen molar-refractivity contribution < 1.29 is 24.3 Å². The molecule has 0 radical (unpaired) electrons. The van der Waals surface area contributed by atoms with Gasteiger partial charge in [-0.25, -0.2) is 9.48 Å². The zero-order chi connectivity index (χ0) is 26.4. The average molecular weight is 534 g/mol. The molecule has 37 heavy (non-hydrogen) atoms. The second kappa shape index (κ2) is 10.0. The van der Waals surface area contributed by atoms with Gasteiger partial charge >= 0.3 is 5.97 Å². The standard InChI is InChI=1S/C22H31N9O5S/c1-10-17-16(11(2)26-15(32)8-30-9-25-27-28-30)21(34)31(17)18(22(35)36)19(10)37-13-5-14(24-6-13)20(33)29-4-3-12(23)7-29/h9-14,16-17,24H,3-8,23H2,1-2H3,(H,26,32)(H,35,36)/t10-,11?,12?,13?,14?,16-,17-/m1/s1. The summed E-state index contributed by atoms with van der Waals surface area (Å²) in [6, 6.07) is -1.17. The van der Waals surface area contributed by atoms with Crippen molar-refractivity contribution in [2.45, 2.75) is 62.7 Å². The molecule has 0 aromatic carbocycles. The number of thioether (sulfide) groups is 1. The minimum absolute atomic E-state index is 0.00213. The fourth-order valence-electron chi connectivity index (χ4n) is 5.85. The Morgan fingerprint density at radius 2 is 2.16 bits per heavy atom. The minimum atomic E-state index is -1.15. The normalized spacial score (nSPS) is 31.9. The van der Waals surface area contributed by atoms with Crippen LogP contribution in [0.15, 0.2) is 16.9 Å². The number of β-lactam (4-membered cyclic amide) rings is 1. The lowest BCUT2D eigenvalue weighted by atomic mass is 9.78. The number of carbonyl (C=O) groups excluding carboxylic acids is 3. The maximum absolute atomic E-state index is 13.1. The molecule has 1 aromatic heterocycles. The Morgan fingerprint density at radius 1 is 1.38 bits per heavy atom. The highest BCUT2D eigenvalue weighted by Crippen LogP contribution is 2.51. The van der Waals surface area contributed by atoms with Gasteiger partial charge in [-0.2, -0.15) is 0 Å². The van der Waals surface area contributed by atoms with E-state index in [4.69, 9.17) is 5.73 Å². The van der Waals surface area contributed by atoms with Gasteiger partial charge in [0.05, 0.1) is 18.0 Å². The summed E-state index contributed by atoms with van der Waals surface area (Å²) in [5, 5.41) is 26.7. The SMILES string of the molecule is CC(NC(=O)Cn1cnnn1)[C@H]1C(=O)N2C(C(=O)O)=C(SC3CNC(C(=O)N4CCC(N)C4)C3)[C@H](C)[C@H]12. The van der Waals surface area contributed by atoms with Crippen molar-refractivity contribution in [3.8, 4) is 0 Å². The van der Waals surface area contributed by atoms with Gasteiger partial charge in [0.2, 0.25) is 17.7 Å². The molecule has 4 unspecified atom stereocenters. The number of carboxylic acids is 1. The summed E-state index contributed by atoms with van der Waals surface area (Å²) in [7, 11) is 0. The van der Waals surface area contributed by atoms with Gasteiger partial charge in [0.25, 0.3) is 0 Å². The van der Waals surface area contributed by atoms with E-state index in [9.17, 15) is 24.3 Å². The van der Waals surface area contributed by atoms with E-state index >= 15 is 0 Å². The van der Waals surface area contributed by atoms with E-state index in [2.05, 4.69) is 26.2 Å². The third-order valence-electron chi connectivity index (χ3n) is 7.63. The van der Waals surface area contributed by atoms with E-state index in [1.807, 2.05) is 6.92 Å². The Morgan fingerprint density at radius 3 is 2.81 bits per heavy atom. The largest absolute Gasteiger partial charge is 0.477 e. The molecule has 200 valence electrons. The molecular weight excluding hydrogens is 502 g/mol. The molecule has 4 aliphatic rings. The number of rotatable bonds is 8. The van der Waals surface area contributed by atoms with E-state index in [-0.39, 0.29) is 59.3 Å². The van der Waals surface area contributed by atoms with Crippen molar-refractivity contribution in [2.75, 3.05) is 19.6 Å². The fraction of sp³-hybridized carbons (Fsp3) is 0.682. The molecule has 15 heteroatoms. The second-order valence-electron chi connectivity index (χ2n) is 10.2. The van der Waals surface area contributed by atoms with Crippen molar-refractivity contribution in [2.24, 2.45) is 17.6 Å². The van der Waals surface area contributed by atoms with Gasteiger partial charge in [-0.05, 0) is 30.2 Å². The van der Waals surface area contributed by atoms with Gasteiger partial charge in [0.1, 0.15) is 18.6 Å². The van der Waals surface area contributed by atoms with Crippen LogP contribution in [0.5, 0.6) is 0 Å². The number of nitrogens with two attached hydrogens (primary N) is 1. The Hall–Kier alpha value is -3.04. The second-order valence-corrected chi connectivity index (χ2v) is 11.5. The number of aliphatic carboxylic acids is 1. The molecule has 5 rings (SSSR count). The third kappa shape index (κ3) is 4.70. The van der Waals surface area contributed by atoms with Crippen LogP contribution in [0.3, 0.4) is 0 Å². The van der Waals surface area contributed by atoms with Crippen LogP contribution in [0, 0.1) is 11.8 Å². The van der Waals surface area contributed by atoms with Crippen LogP contribution < -0.4 is 16.4 Å². The first-order valence-electron chi connectivity index (χ1n) is 12.4. The van der Waals surface area contributed by atoms with E-state index in [0.717, 1.165) is 6.42 Å². The summed E-state index contributed by atoms with van der Waals surface area (Å²) in [5.74, 6) is -2.54. The maximum atomic E-state index is 13.1. The Labute approximate surface area is 217 Å². The van der Waals surface area contributed by atoms with Crippen molar-refractivity contribution in [3.05, 3.63) is 16.9 Å². The molecule has 0 saturated carbocycles. The zero-order valence-corrected chi connectivity index (χ0v) is 21.4. The summed E-state index contributed by atoms with van der Waals surface area (Å²) < 4.78 is 1.28. The van der Waals surface area contributed by atoms with Crippen LogP contribution in [-0.4, -0.2) is 108 Å². The molecule has 5 N–H and O–H groups in total. The number of hydrogen-bond donors (Lipinski definition) is 4. The number of fused-ring (bicyclic) bond motifs is 1. The quantitative estimate of drug-likeness (QED) is 0.270. The highest BCUT2D eigenvalue weighted by atomic mass is 32.2. The third-order valence-corrected chi connectivity index (χ3v) is 9.15. The monoisotopic (exact) mass is 533 g/mol. The first-order valence-corrected chi connectivity index (χ1v) is 13.3. The number of amides is 3. The smallest absolute Gasteiger partial charge is 0.353 e. The van der Waals surface area contributed by atoms with Crippen LogP contribution in [0.1, 0.15) is 26.7 Å². The van der Waals surface area contributed by atoms with Crippen LogP contribution >= 0.6 is 11.8 Å². The van der Waals surface area contributed by atoms with Gasteiger partial charge in [0.15, 0.2) is 0 Å². The zero-order valence-electron chi connectivity index (χ0n) is 20.6. The molecule has 0 spiro atoms. The van der Waals surface area contributed by atoms with Crippen molar-refractivity contribution in [1.82, 2.24) is 40.6 Å². The molecule has 3 amide bonds. The number of hydrogen-bond acceptors (Lipinski definition) is 10. The van der Waals surface area contributed by atoms with Crippen LogP contribution in [-0.2, 0) is 25.7 Å². The molecule has 1 aromatic rings. The summed E-state index contributed by atoms with van der Waals surface area (Å²) in [4.78, 5) is 54.4. The number of carboxylic acid groups (broad SMARTS) is 1. The Balaban J connectivity index is 1.23. The number of nitrogens with one attached hydrogen (secondary N) is 2. The predicted octanol–water partition coefficient (Wildman–Crippen LogP) is -2.03. The van der Waals surface area contributed by atoms with Gasteiger partial charge in [-0.15, -0.1) is 16.9 Å². The maximum Gasteiger partial charge on any atom is 0.353 e. The first kappa shape index (κ1) is 25.6. The Kier molecular flexibility index (Phi) is 6.93. The molecule has 7 atom stereocenters. The van der Waals surface area contributed by atoms with E-state index in [1.54, 1.807) is 11.8 Å². The number of carbonyl (C=O) groups is 4. The first-order chi connectivity index (χ1) is 17.7. The van der Waals surface area contributed by atoms with Crippen LogP contribution in [0.4, 0.5) is 0 Å². The number of nitrogens with zero attached hydrogens (tertiary/aromatic N) is 6. The number of tetrazole rings is 1. The molecule has 0 aliphatic carbocycles. The summed E-state index contributed by atoms with van der Waals surface area (Å²) in [6.07, 6.45) is 2.69. The predicted molar refractivity (Wildman–Crippen MR) is 130 cm³/mol. The fourth-order valence-corrected chi connectivity index (χ4v) is 7.33. The highest BCUT2D eigenvalue weighted by molar-refractivity contribution is 8.03. The van der Waals surface area contributed by atoms with Gasteiger partial charge in [-0.3, -0.25) is 14.4 Å². The molecule has 3 saturated heterocycles. The van der Waals surface area contributed by atoms with Crippen molar-refractivity contribution >= 4 is 35.5 Å². The van der Waals surface area contributed by atoms with Gasteiger partial charge < -0.3 is 31.3 Å². The molecular formula is C22H31N9O5S. The molecule has 0 bridgehead atoms.